The average Bonchev–Trinajstić information content (AvgIpc) is 3.12. The molecule has 2 aromatic heterocycles. The molecule has 124 valence electrons. The lowest BCUT2D eigenvalue weighted by Gasteiger charge is -2.01. The molecule has 2 N–H and O–H groups in total. The molecule has 0 saturated heterocycles. The van der Waals surface area contributed by atoms with Crippen LogP contribution >= 0.6 is 11.3 Å². The van der Waals surface area contributed by atoms with Crippen molar-refractivity contribution < 1.29 is 14.7 Å². The van der Waals surface area contributed by atoms with E-state index in [9.17, 15) is 9.59 Å². The van der Waals surface area contributed by atoms with Crippen LogP contribution in [0.2, 0.25) is 0 Å². The van der Waals surface area contributed by atoms with E-state index < -0.39 is 5.97 Å². The van der Waals surface area contributed by atoms with Crippen LogP contribution in [-0.4, -0.2) is 31.7 Å². The number of thiazole rings is 1. The smallest absolute Gasteiger partial charge is 0.325 e. The first-order chi connectivity index (χ1) is 11.6. The van der Waals surface area contributed by atoms with Gasteiger partial charge in [0.25, 0.3) is 0 Å². The van der Waals surface area contributed by atoms with E-state index in [1.807, 2.05) is 24.3 Å². The van der Waals surface area contributed by atoms with Gasteiger partial charge in [0.1, 0.15) is 6.54 Å². The molecule has 3 aromatic rings. The number of nitrogens with one attached hydrogen (secondary N) is 1. The number of hydrogen-bond acceptors (Lipinski definition) is 5. The van der Waals surface area contributed by atoms with Gasteiger partial charge in [0.15, 0.2) is 5.82 Å². The Morgan fingerprint density at radius 3 is 2.88 bits per heavy atom. The van der Waals surface area contributed by atoms with E-state index >= 15 is 0 Å². The first-order valence-electron chi connectivity index (χ1n) is 7.50. The molecule has 0 fully saturated rings. The summed E-state index contributed by atoms with van der Waals surface area (Å²) in [5.74, 6) is -0.760. The van der Waals surface area contributed by atoms with Gasteiger partial charge < -0.3 is 10.4 Å². The molecule has 8 heteroatoms. The number of nitrogens with zero attached hydrogens (tertiary/aromatic N) is 3. The van der Waals surface area contributed by atoms with Crippen molar-refractivity contribution in [1.29, 1.82) is 0 Å². The molecular weight excluding hydrogens is 328 g/mol. The summed E-state index contributed by atoms with van der Waals surface area (Å²) in [7, 11) is 0. The molecule has 0 spiro atoms. The quantitative estimate of drug-likeness (QED) is 0.686. The Bertz CT molecular complexity index is 838. The van der Waals surface area contributed by atoms with Gasteiger partial charge in [0.2, 0.25) is 5.91 Å². The van der Waals surface area contributed by atoms with Gasteiger partial charge in [-0.2, -0.15) is 5.10 Å². The third-order valence-corrected chi connectivity index (χ3v) is 4.43. The fourth-order valence-electron chi connectivity index (χ4n) is 2.29. The summed E-state index contributed by atoms with van der Waals surface area (Å²) in [6.45, 7) is -0.229. The lowest BCUT2D eigenvalue weighted by Crippen LogP contribution is -2.13. The number of fused-ring (bicyclic) bond motifs is 1. The van der Waals surface area contributed by atoms with Gasteiger partial charge in [-0.25, -0.2) is 4.98 Å². The second-order valence-corrected chi connectivity index (χ2v) is 6.38. The van der Waals surface area contributed by atoms with E-state index in [1.165, 1.54) is 10.9 Å². The van der Waals surface area contributed by atoms with E-state index in [0.717, 1.165) is 21.6 Å². The molecule has 1 amide bonds. The number of aryl methyl sites for hydroxylation is 1. The third kappa shape index (κ3) is 4.17. The molecule has 0 unspecified atom stereocenters. The predicted octanol–water partition coefficient (Wildman–Crippen LogP) is 2.54. The molecular formula is C16H16N4O3S. The topological polar surface area (TPSA) is 97.1 Å². The number of aliphatic carboxylic acids is 1. The van der Waals surface area contributed by atoms with E-state index in [0.29, 0.717) is 18.7 Å². The maximum atomic E-state index is 11.9. The van der Waals surface area contributed by atoms with E-state index in [1.54, 1.807) is 17.4 Å². The van der Waals surface area contributed by atoms with Crippen molar-refractivity contribution in [2.75, 3.05) is 5.32 Å². The van der Waals surface area contributed by atoms with Gasteiger partial charge in [-0.1, -0.05) is 12.1 Å². The summed E-state index contributed by atoms with van der Waals surface area (Å²) in [5, 5.41) is 16.4. The number of carbonyl (C=O) groups is 2. The number of carboxylic acid groups (broad SMARTS) is 1. The second kappa shape index (κ2) is 7.22. The van der Waals surface area contributed by atoms with Crippen LogP contribution in [0.3, 0.4) is 0 Å². The minimum Gasteiger partial charge on any atom is -0.480 e. The molecule has 3 rings (SSSR count). The van der Waals surface area contributed by atoms with E-state index in [-0.39, 0.29) is 12.5 Å². The fourth-order valence-corrected chi connectivity index (χ4v) is 3.30. The second-order valence-electron chi connectivity index (χ2n) is 5.27. The number of rotatable bonds is 7. The molecule has 2 heterocycles. The summed E-state index contributed by atoms with van der Waals surface area (Å²) in [5.41, 5.74) is 0.992. The lowest BCUT2D eigenvalue weighted by atomic mass is 10.2. The zero-order chi connectivity index (χ0) is 16.9. The summed E-state index contributed by atoms with van der Waals surface area (Å²) in [4.78, 5) is 27.0. The van der Waals surface area contributed by atoms with Crippen molar-refractivity contribution in [3.05, 3.63) is 41.5 Å². The molecule has 0 aliphatic rings. The number of anilines is 1. The van der Waals surface area contributed by atoms with Crippen molar-refractivity contribution in [2.45, 2.75) is 25.8 Å². The summed E-state index contributed by atoms with van der Waals surface area (Å²) in [6, 6.07) is 9.55. The standard InChI is InChI=1S/C16H16N4O3S/c21-14(18-13-8-9-20(19-13)10-16(22)23)6-3-7-15-17-11-4-1-2-5-12(11)24-15/h1-2,4-5,8-9H,3,6-7,10H2,(H,22,23)(H,18,19,21). The Balaban J connectivity index is 1.47. The highest BCUT2D eigenvalue weighted by atomic mass is 32.1. The Labute approximate surface area is 141 Å². The Morgan fingerprint density at radius 1 is 1.25 bits per heavy atom. The number of benzene rings is 1. The third-order valence-electron chi connectivity index (χ3n) is 3.34. The van der Waals surface area contributed by atoms with Crippen LogP contribution in [0, 0.1) is 0 Å². The van der Waals surface area contributed by atoms with Crippen LogP contribution in [0.4, 0.5) is 5.82 Å². The zero-order valence-electron chi connectivity index (χ0n) is 12.8. The maximum Gasteiger partial charge on any atom is 0.325 e. The molecule has 0 aliphatic heterocycles. The Morgan fingerprint density at radius 2 is 2.08 bits per heavy atom. The van der Waals surface area contributed by atoms with Crippen molar-refractivity contribution in [1.82, 2.24) is 14.8 Å². The minimum absolute atomic E-state index is 0.142. The van der Waals surface area contributed by atoms with Crippen LogP contribution in [0.5, 0.6) is 0 Å². The monoisotopic (exact) mass is 344 g/mol. The van der Waals surface area contributed by atoms with Gasteiger partial charge in [0, 0.05) is 18.7 Å². The molecule has 1 aromatic carbocycles. The van der Waals surface area contributed by atoms with E-state index in [4.69, 9.17) is 5.11 Å². The van der Waals surface area contributed by atoms with Crippen molar-refractivity contribution >= 4 is 39.2 Å². The highest BCUT2D eigenvalue weighted by molar-refractivity contribution is 7.18. The Hall–Kier alpha value is -2.74. The highest BCUT2D eigenvalue weighted by Gasteiger charge is 2.08. The normalized spacial score (nSPS) is 10.8. The van der Waals surface area contributed by atoms with Crippen LogP contribution < -0.4 is 5.32 Å². The maximum absolute atomic E-state index is 11.9. The molecule has 0 aliphatic carbocycles. The molecule has 0 bridgehead atoms. The fraction of sp³-hybridized carbons (Fsp3) is 0.250. The van der Waals surface area contributed by atoms with Gasteiger partial charge >= 0.3 is 5.97 Å². The van der Waals surface area contributed by atoms with Crippen LogP contribution in [-0.2, 0) is 22.6 Å². The molecule has 0 radical (unpaired) electrons. The first kappa shape index (κ1) is 16.1. The van der Waals surface area contributed by atoms with Crippen molar-refractivity contribution in [3.8, 4) is 0 Å². The van der Waals surface area contributed by atoms with E-state index in [2.05, 4.69) is 15.4 Å². The largest absolute Gasteiger partial charge is 0.480 e. The van der Waals surface area contributed by atoms with Crippen molar-refractivity contribution in [2.24, 2.45) is 0 Å². The number of amides is 1. The number of para-hydroxylation sites is 1. The summed E-state index contributed by atoms with van der Waals surface area (Å²) < 4.78 is 2.42. The predicted molar refractivity (Wildman–Crippen MR) is 91.1 cm³/mol. The highest BCUT2D eigenvalue weighted by Crippen LogP contribution is 2.22. The van der Waals surface area contributed by atoms with Crippen LogP contribution in [0.1, 0.15) is 17.8 Å². The number of hydrogen-bond donors (Lipinski definition) is 2. The molecule has 7 nitrogen and oxygen atoms in total. The van der Waals surface area contributed by atoms with Gasteiger partial charge in [-0.15, -0.1) is 11.3 Å². The van der Waals surface area contributed by atoms with Gasteiger partial charge in [-0.05, 0) is 25.0 Å². The van der Waals surface area contributed by atoms with Crippen LogP contribution in [0.25, 0.3) is 10.2 Å². The number of carbonyl (C=O) groups excluding carboxylic acids is 1. The first-order valence-corrected chi connectivity index (χ1v) is 8.31. The molecule has 0 atom stereocenters. The number of carboxylic acids is 1. The van der Waals surface area contributed by atoms with Gasteiger partial charge in [0.05, 0.1) is 15.2 Å². The Kier molecular flexibility index (Phi) is 4.85. The summed E-state index contributed by atoms with van der Waals surface area (Å²) in [6.07, 6.45) is 3.33. The zero-order valence-corrected chi connectivity index (χ0v) is 13.6. The molecule has 0 saturated carbocycles. The summed E-state index contributed by atoms with van der Waals surface area (Å²) >= 11 is 1.65. The average molecular weight is 344 g/mol. The molecule has 24 heavy (non-hydrogen) atoms. The van der Waals surface area contributed by atoms with Gasteiger partial charge in [-0.3, -0.25) is 14.3 Å². The lowest BCUT2D eigenvalue weighted by molar-refractivity contribution is -0.137. The number of aromatic nitrogens is 3. The minimum atomic E-state index is -0.980. The van der Waals surface area contributed by atoms with Crippen molar-refractivity contribution in [3.63, 3.8) is 0 Å². The SMILES string of the molecule is O=C(O)Cn1ccc(NC(=O)CCCc2nc3ccccc3s2)n1. The van der Waals surface area contributed by atoms with Crippen LogP contribution in [0.15, 0.2) is 36.5 Å².